The first-order valence-corrected chi connectivity index (χ1v) is 7.15. The Morgan fingerprint density at radius 2 is 2.30 bits per heavy atom. The van der Waals surface area contributed by atoms with Crippen molar-refractivity contribution in [3.05, 3.63) is 17.6 Å². The standard InChI is InChI=1S/C14H23N5O/c1-10-8-13(18-11(2)17-10)19-7-3-4-12(9-19)14(20)16-6-5-15/h8,12H,3-7,9,15H2,1-2H3,(H,16,20). The zero-order valence-electron chi connectivity index (χ0n) is 12.2. The lowest BCUT2D eigenvalue weighted by molar-refractivity contribution is -0.125. The van der Waals surface area contributed by atoms with Gasteiger partial charge in [0.25, 0.3) is 0 Å². The van der Waals surface area contributed by atoms with Gasteiger partial charge in [-0.25, -0.2) is 9.97 Å². The van der Waals surface area contributed by atoms with E-state index < -0.39 is 0 Å². The molecule has 6 heteroatoms. The highest BCUT2D eigenvalue weighted by Crippen LogP contribution is 2.22. The molecule has 0 aliphatic carbocycles. The number of aromatic nitrogens is 2. The van der Waals surface area contributed by atoms with Gasteiger partial charge < -0.3 is 16.0 Å². The summed E-state index contributed by atoms with van der Waals surface area (Å²) < 4.78 is 0. The van der Waals surface area contributed by atoms with E-state index in [2.05, 4.69) is 20.2 Å². The van der Waals surface area contributed by atoms with Gasteiger partial charge in [-0.05, 0) is 26.7 Å². The Bertz CT molecular complexity index is 456. The molecule has 1 atom stereocenters. The Labute approximate surface area is 119 Å². The largest absolute Gasteiger partial charge is 0.356 e. The molecule has 20 heavy (non-hydrogen) atoms. The molecule has 1 fully saturated rings. The first kappa shape index (κ1) is 14.7. The second-order valence-corrected chi connectivity index (χ2v) is 5.28. The van der Waals surface area contributed by atoms with Crippen molar-refractivity contribution in [2.24, 2.45) is 11.7 Å². The average Bonchev–Trinajstić information content (AvgIpc) is 2.44. The number of hydrogen-bond donors (Lipinski definition) is 2. The van der Waals surface area contributed by atoms with E-state index in [9.17, 15) is 4.79 Å². The van der Waals surface area contributed by atoms with E-state index in [1.165, 1.54) is 0 Å². The molecule has 2 rings (SSSR count). The number of nitrogens with zero attached hydrogens (tertiary/aromatic N) is 3. The molecule has 1 saturated heterocycles. The fourth-order valence-corrected chi connectivity index (χ4v) is 2.60. The van der Waals surface area contributed by atoms with E-state index in [1.807, 2.05) is 19.9 Å². The lowest BCUT2D eigenvalue weighted by atomic mass is 9.97. The lowest BCUT2D eigenvalue weighted by Gasteiger charge is -2.33. The number of aryl methyl sites for hydroxylation is 2. The number of rotatable bonds is 4. The molecule has 1 aromatic rings. The van der Waals surface area contributed by atoms with Crippen molar-refractivity contribution < 1.29 is 4.79 Å². The lowest BCUT2D eigenvalue weighted by Crippen LogP contribution is -2.44. The van der Waals surface area contributed by atoms with Crippen molar-refractivity contribution in [3.8, 4) is 0 Å². The zero-order chi connectivity index (χ0) is 14.5. The average molecular weight is 277 g/mol. The zero-order valence-corrected chi connectivity index (χ0v) is 12.2. The number of piperidine rings is 1. The van der Waals surface area contributed by atoms with Crippen molar-refractivity contribution in [2.45, 2.75) is 26.7 Å². The van der Waals surface area contributed by atoms with Crippen LogP contribution in [0.2, 0.25) is 0 Å². The van der Waals surface area contributed by atoms with Crippen LogP contribution in [0.1, 0.15) is 24.4 Å². The van der Waals surface area contributed by atoms with Crippen LogP contribution < -0.4 is 16.0 Å². The molecule has 1 aliphatic rings. The second-order valence-electron chi connectivity index (χ2n) is 5.28. The van der Waals surface area contributed by atoms with Gasteiger partial charge in [0.2, 0.25) is 5.91 Å². The maximum atomic E-state index is 12.0. The van der Waals surface area contributed by atoms with Gasteiger partial charge in [0.05, 0.1) is 5.92 Å². The summed E-state index contributed by atoms with van der Waals surface area (Å²) in [6.07, 6.45) is 1.93. The van der Waals surface area contributed by atoms with Crippen LogP contribution in [0.5, 0.6) is 0 Å². The number of hydrogen-bond acceptors (Lipinski definition) is 5. The van der Waals surface area contributed by atoms with Gasteiger partial charge in [-0.1, -0.05) is 0 Å². The van der Waals surface area contributed by atoms with Crippen molar-refractivity contribution in [1.29, 1.82) is 0 Å². The highest BCUT2D eigenvalue weighted by Gasteiger charge is 2.26. The summed E-state index contributed by atoms with van der Waals surface area (Å²) in [6.45, 7) is 6.54. The predicted octanol–water partition coefficient (Wildman–Crippen LogP) is 0.385. The molecular formula is C14H23N5O. The molecule has 0 aromatic carbocycles. The molecule has 1 aromatic heterocycles. The van der Waals surface area contributed by atoms with Crippen molar-refractivity contribution in [1.82, 2.24) is 15.3 Å². The maximum absolute atomic E-state index is 12.0. The van der Waals surface area contributed by atoms with Crippen molar-refractivity contribution in [3.63, 3.8) is 0 Å². The Balaban J connectivity index is 2.04. The number of anilines is 1. The minimum absolute atomic E-state index is 0.0193. The summed E-state index contributed by atoms with van der Waals surface area (Å²) in [7, 11) is 0. The third kappa shape index (κ3) is 3.66. The van der Waals surface area contributed by atoms with Crippen LogP contribution in [-0.4, -0.2) is 42.1 Å². The number of amides is 1. The topological polar surface area (TPSA) is 84.1 Å². The molecule has 6 nitrogen and oxygen atoms in total. The smallest absolute Gasteiger partial charge is 0.224 e. The molecule has 0 radical (unpaired) electrons. The molecule has 3 N–H and O–H groups in total. The summed E-state index contributed by atoms with van der Waals surface area (Å²) in [5, 5.41) is 2.87. The van der Waals surface area contributed by atoms with Gasteiger partial charge in [0.1, 0.15) is 11.6 Å². The van der Waals surface area contributed by atoms with E-state index in [4.69, 9.17) is 5.73 Å². The quantitative estimate of drug-likeness (QED) is 0.831. The minimum atomic E-state index is 0.0193. The molecule has 0 saturated carbocycles. The molecule has 0 spiro atoms. The van der Waals surface area contributed by atoms with Gasteiger partial charge in [-0.3, -0.25) is 4.79 Å². The fraction of sp³-hybridized carbons (Fsp3) is 0.643. The second kappa shape index (κ2) is 6.65. The van der Waals surface area contributed by atoms with Crippen molar-refractivity contribution >= 4 is 11.7 Å². The third-order valence-corrected chi connectivity index (χ3v) is 3.51. The molecule has 1 unspecified atom stereocenters. The van der Waals surface area contributed by atoms with Crippen LogP contribution in [0.15, 0.2) is 6.07 Å². The van der Waals surface area contributed by atoms with Crippen molar-refractivity contribution in [2.75, 3.05) is 31.1 Å². The van der Waals surface area contributed by atoms with Crippen LogP contribution in [-0.2, 0) is 4.79 Å². The van der Waals surface area contributed by atoms with Crippen LogP contribution in [0.4, 0.5) is 5.82 Å². The summed E-state index contributed by atoms with van der Waals surface area (Å²) in [6, 6.07) is 1.98. The Kier molecular flexibility index (Phi) is 4.89. The summed E-state index contributed by atoms with van der Waals surface area (Å²) in [5.41, 5.74) is 6.38. The van der Waals surface area contributed by atoms with Crippen LogP contribution in [0.25, 0.3) is 0 Å². The van der Waals surface area contributed by atoms with Gasteiger partial charge in [-0.2, -0.15) is 0 Å². The summed E-state index contributed by atoms with van der Waals surface area (Å²) in [5.74, 6) is 1.81. The monoisotopic (exact) mass is 277 g/mol. The van der Waals surface area contributed by atoms with E-state index in [0.29, 0.717) is 19.6 Å². The van der Waals surface area contributed by atoms with Crippen LogP contribution in [0, 0.1) is 19.8 Å². The van der Waals surface area contributed by atoms with E-state index in [-0.39, 0.29) is 11.8 Å². The normalized spacial score (nSPS) is 18.9. The molecular weight excluding hydrogens is 254 g/mol. The van der Waals surface area contributed by atoms with Gasteiger partial charge in [-0.15, -0.1) is 0 Å². The first-order chi connectivity index (χ1) is 9.60. The summed E-state index contributed by atoms with van der Waals surface area (Å²) >= 11 is 0. The molecule has 1 aliphatic heterocycles. The van der Waals surface area contributed by atoms with Gasteiger partial charge >= 0.3 is 0 Å². The SMILES string of the molecule is Cc1cc(N2CCCC(C(=O)NCCN)C2)nc(C)n1. The highest BCUT2D eigenvalue weighted by molar-refractivity contribution is 5.79. The van der Waals surface area contributed by atoms with E-state index >= 15 is 0 Å². The van der Waals surface area contributed by atoms with E-state index in [1.54, 1.807) is 0 Å². The number of carbonyl (C=O) groups excluding carboxylic acids is 1. The molecule has 1 amide bonds. The molecule has 0 bridgehead atoms. The van der Waals surface area contributed by atoms with E-state index in [0.717, 1.165) is 36.7 Å². The Hall–Kier alpha value is -1.69. The Morgan fingerprint density at radius 1 is 1.50 bits per heavy atom. The third-order valence-electron chi connectivity index (χ3n) is 3.51. The highest BCUT2D eigenvalue weighted by atomic mass is 16.1. The number of carbonyl (C=O) groups is 1. The predicted molar refractivity (Wildman–Crippen MR) is 78.5 cm³/mol. The van der Waals surface area contributed by atoms with Crippen LogP contribution >= 0.6 is 0 Å². The number of nitrogens with one attached hydrogen (secondary N) is 1. The van der Waals surface area contributed by atoms with Gasteiger partial charge in [0.15, 0.2) is 0 Å². The Morgan fingerprint density at radius 3 is 3.00 bits per heavy atom. The summed E-state index contributed by atoms with van der Waals surface area (Å²) in [4.78, 5) is 23.0. The fourth-order valence-electron chi connectivity index (χ4n) is 2.60. The molecule has 110 valence electrons. The molecule has 2 heterocycles. The van der Waals surface area contributed by atoms with Gasteiger partial charge in [0, 0.05) is 37.9 Å². The maximum Gasteiger partial charge on any atom is 0.224 e. The van der Waals surface area contributed by atoms with Crippen LogP contribution in [0.3, 0.4) is 0 Å². The minimum Gasteiger partial charge on any atom is -0.356 e. The first-order valence-electron chi connectivity index (χ1n) is 7.15. The number of nitrogens with two attached hydrogens (primary N) is 1.